The Kier molecular flexibility index (Phi) is 2.52. The zero-order chi connectivity index (χ0) is 13.4. The lowest BCUT2D eigenvalue weighted by Gasteiger charge is -2.07. The van der Waals surface area contributed by atoms with Crippen molar-refractivity contribution in [3.8, 4) is 17.2 Å². The Balaban J connectivity index is 2.03. The molecule has 0 unspecified atom stereocenters. The van der Waals surface area contributed by atoms with Crippen LogP contribution in [-0.2, 0) is 4.79 Å². The summed E-state index contributed by atoms with van der Waals surface area (Å²) in [5.74, 6) is 1.19. The molecule has 98 valence electrons. The highest BCUT2D eigenvalue weighted by Gasteiger charge is 2.24. The fraction of sp³-hybridized carbons (Fsp3) is 0.167. The Hall–Kier alpha value is -2.70. The number of nitrogens with one attached hydrogen (secondary N) is 2. The van der Waals surface area contributed by atoms with Gasteiger partial charge in [-0.25, -0.2) is 4.79 Å². The van der Waals surface area contributed by atoms with Gasteiger partial charge < -0.3 is 19.5 Å². The molecule has 7 nitrogen and oxygen atoms in total. The summed E-state index contributed by atoms with van der Waals surface area (Å²) >= 11 is 0. The summed E-state index contributed by atoms with van der Waals surface area (Å²) in [7, 11) is 1.51. The lowest BCUT2D eigenvalue weighted by molar-refractivity contribution is -0.115. The van der Waals surface area contributed by atoms with E-state index >= 15 is 0 Å². The Morgan fingerprint density at radius 2 is 1.95 bits per heavy atom. The number of urea groups is 1. The van der Waals surface area contributed by atoms with E-state index in [0.29, 0.717) is 22.8 Å². The van der Waals surface area contributed by atoms with E-state index in [9.17, 15) is 9.59 Å². The number of imide groups is 1. The Morgan fingerprint density at radius 1 is 1.21 bits per heavy atom. The number of amides is 3. The van der Waals surface area contributed by atoms with Gasteiger partial charge in [0.1, 0.15) is 11.4 Å². The predicted molar refractivity (Wildman–Crippen MR) is 63.8 cm³/mol. The largest absolute Gasteiger partial charge is 0.496 e. The zero-order valence-corrected chi connectivity index (χ0v) is 9.98. The van der Waals surface area contributed by atoms with Crippen molar-refractivity contribution in [2.75, 3.05) is 13.9 Å². The molecule has 1 aromatic rings. The topological polar surface area (TPSA) is 85.9 Å². The summed E-state index contributed by atoms with van der Waals surface area (Å²) in [6.45, 7) is 0.149. The quantitative estimate of drug-likeness (QED) is 0.602. The number of hydrogen-bond donors (Lipinski definition) is 2. The summed E-state index contributed by atoms with van der Waals surface area (Å²) in [6, 6.07) is 2.81. The van der Waals surface area contributed by atoms with Crippen LogP contribution < -0.4 is 24.8 Å². The van der Waals surface area contributed by atoms with Crippen molar-refractivity contribution in [2.45, 2.75) is 0 Å². The molecule has 3 amide bonds. The smallest absolute Gasteiger partial charge is 0.326 e. The van der Waals surface area contributed by atoms with Crippen molar-refractivity contribution < 1.29 is 23.8 Å². The molecule has 1 fully saturated rings. The molecule has 0 atom stereocenters. The number of rotatable bonds is 2. The number of hydrogen-bond acceptors (Lipinski definition) is 5. The van der Waals surface area contributed by atoms with Crippen molar-refractivity contribution in [3.63, 3.8) is 0 Å². The normalized spacial score (nSPS) is 18.5. The molecule has 0 aliphatic carbocycles. The van der Waals surface area contributed by atoms with E-state index in [4.69, 9.17) is 14.2 Å². The zero-order valence-electron chi connectivity index (χ0n) is 9.98. The fourth-order valence-electron chi connectivity index (χ4n) is 1.87. The summed E-state index contributed by atoms with van der Waals surface area (Å²) < 4.78 is 15.7. The minimum atomic E-state index is -0.545. The van der Waals surface area contributed by atoms with Gasteiger partial charge in [-0.05, 0) is 12.1 Å². The average molecular weight is 262 g/mol. The van der Waals surface area contributed by atoms with Gasteiger partial charge in [-0.15, -0.1) is 0 Å². The molecule has 2 heterocycles. The molecule has 0 spiro atoms. The third-order valence-corrected chi connectivity index (χ3v) is 2.74. The molecule has 0 bridgehead atoms. The number of benzene rings is 1. The molecule has 0 radical (unpaired) electrons. The molecule has 0 saturated carbocycles. The van der Waals surface area contributed by atoms with Crippen LogP contribution in [0, 0.1) is 0 Å². The standard InChI is InChI=1S/C12H10N2O5/c1-17-8-4-10-9(18-5-19-10)3-6(8)2-7-11(15)14-12(16)13-7/h2-4H,5H2,1H3,(H2,13,14,15,16)/b7-2+. The highest BCUT2D eigenvalue weighted by atomic mass is 16.7. The monoisotopic (exact) mass is 262 g/mol. The molecular formula is C12H10N2O5. The minimum absolute atomic E-state index is 0.149. The minimum Gasteiger partial charge on any atom is -0.496 e. The summed E-state index contributed by atoms with van der Waals surface area (Å²) in [5, 5.41) is 4.53. The molecule has 7 heteroatoms. The highest BCUT2D eigenvalue weighted by molar-refractivity contribution is 6.14. The summed E-state index contributed by atoms with van der Waals surface area (Å²) in [6.07, 6.45) is 1.51. The third kappa shape index (κ3) is 1.95. The van der Waals surface area contributed by atoms with E-state index in [2.05, 4.69) is 10.6 Å². The van der Waals surface area contributed by atoms with E-state index in [1.54, 1.807) is 12.1 Å². The van der Waals surface area contributed by atoms with E-state index in [1.165, 1.54) is 13.2 Å². The van der Waals surface area contributed by atoms with Gasteiger partial charge in [-0.1, -0.05) is 0 Å². The Labute approximate surface area is 108 Å². The van der Waals surface area contributed by atoms with Gasteiger partial charge in [-0.2, -0.15) is 0 Å². The van der Waals surface area contributed by atoms with Crippen LogP contribution in [0.1, 0.15) is 5.56 Å². The maximum Gasteiger partial charge on any atom is 0.326 e. The Bertz CT molecular complexity index is 608. The van der Waals surface area contributed by atoms with Gasteiger partial charge in [0, 0.05) is 11.6 Å². The second-order valence-electron chi connectivity index (χ2n) is 3.91. The van der Waals surface area contributed by atoms with Crippen LogP contribution in [0.25, 0.3) is 6.08 Å². The molecule has 1 aromatic carbocycles. The van der Waals surface area contributed by atoms with Crippen LogP contribution in [0.3, 0.4) is 0 Å². The second kappa shape index (κ2) is 4.20. The molecule has 2 aliphatic rings. The molecule has 1 saturated heterocycles. The fourth-order valence-corrected chi connectivity index (χ4v) is 1.87. The summed E-state index contributed by atoms with van der Waals surface area (Å²) in [5.41, 5.74) is 0.765. The van der Waals surface area contributed by atoms with E-state index < -0.39 is 11.9 Å². The van der Waals surface area contributed by atoms with Crippen molar-refractivity contribution >= 4 is 18.0 Å². The van der Waals surface area contributed by atoms with Gasteiger partial charge in [0.15, 0.2) is 11.5 Å². The molecule has 2 N–H and O–H groups in total. The van der Waals surface area contributed by atoms with Gasteiger partial charge >= 0.3 is 6.03 Å². The first-order valence-electron chi connectivity index (χ1n) is 5.49. The Morgan fingerprint density at radius 3 is 2.58 bits per heavy atom. The highest BCUT2D eigenvalue weighted by Crippen LogP contribution is 2.38. The van der Waals surface area contributed by atoms with E-state index in [1.807, 2.05) is 0 Å². The SMILES string of the molecule is COc1cc2c(cc1/C=C1/NC(=O)NC1=O)OCO2. The van der Waals surface area contributed by atoms with Crippen LogP contribution in [0.2, 0.25) is 0 Å². The van der Waals surface area contributed by atoms with Crippen LogP contribution in [0.15, 0.2) is 17.8 Å². The third-order valence-electron chi connectivity index (χ3n) is 2.74. The van der Waals surface area contributed by atoms with E-state index in [-0.39, 0.29) is 12.5 Å². The van der Waals surface area contributed by atoms with Crippen LogP contribution in [-0.4, -0.2) is 25.8 Å². The van der Waals surface area contributed by atoms with Crippen molar-refractivity contribution in [3.05, 3.63) is 23.4 Å². The van der Waals surface area contributed by atoms with Gasteiger partial charge in [0.2, 0.25) is 6.79 Å². The number of methoxy groups -OCH3 is 1. The van der Waals surface area contributed by atoms with Crippen LogP contribution in [0.5, 0.6) is 17.2 Å². The molecular weight excluding hydrogens is 252 g/mol. The molecule has 3 rings (SSSR count). The average Bonchev–Trinajstić information content (AvgIpc) is 2.95. The molecule has 0 aromatic heterocycles. The van der Waals surface area contributed by atoms with Crippen molar-refractivity contribution in [1.82, 2.24) is 10.6 Å². The van der Waals surface area contributed by atoms with Gasteiger partial charge in [0.05, 0.1) is 7.11 Å². The number of carbonyl (C=O) groups excluding carboxylic acids is 2. The van der Waals surface area contributed by atoms with Crippen molar-refractivity contribution in [1.29, 1.82) is 0 Å². The lowest BCUT2D eigenvalue weighted by atomic mass is 10.1. The first kappa shape index (κ1) is 11.4. The summed E-state index contributed by atoms with van der Waals surface area (Å²) in [4.78, 5) is 22.5. The second-order valence-corrected chi connectivity index (χ2v) is 3.91. The maximum absolute atomic E-state index is 11.5. The molecule has 19 heavy (non-hydrogen) atoms. The predicted octanol–water partition coefficient (Wildman–Crippen LogP) is 0.604. The van der Waals surface area contributed by atoms with Crippen molar-refractivity contribution in [2.24, 2.45) is 0 Å². The first-order chi connectivity index (χ1) is 9.17. The van der Waals surface area contributed by atoms with Crippen LogP contribution >= 0.6 is 0 Å². The molecule has 2 aliphatic heterocycles. The lowest BCUT2D eigenvalue weighted by Crippen LogP contribution is -2.22. The van der Waals surface area contributed by atoms with Gasteiger partial charge in [-0.3, -0.25) is 10.1 Å². The number of ether oxygens (including phenoxy) is 3. The van der Waals surface area contributed by atoms with Gasteiger partial charge in [0.25, 0.3) is 5.91 Å². The van der Waals surface area contributed by atoms with E-state index in [0.717, 1.165) is 0 Å². The maximum atomic E-state index is 11.5. The first-order valence-corrected chi connectivity index (χ1v) is 5.49. The number of fused-ring (bicyclic) bond motifs is 1. The van der Waals surface area contributed by atoms with Crippen LogP contribution in [0.4, 0.5) is 4.79 Å². The number of carbonyl (C=O) groups is 2.